The van der Waals surface area contributed by atoms with E-state index in [1.165, 1.54) is 22.0 Å². The van der Waals surface area contributed by atoms with Crippen molar-refractivity contribution in [1.29, 1.82) is 0 Å². The lowest BCUT2D eigenvalue weighted by molar-refractivity contribution is 0.514. The third-order valence-corrected chi connectivity index (χ3v) is 5.86. The van der Waals surface area contributed by atoms with Gasteiger partial charge in [-0.15, -0.1) is 11.3 Å². The summed E-state index contributed by atoms with van der Waals surface area (Å²) in [6.45, 7) is 3.81. The lowest BCUT2D eigenvalue weighted by atomic mass is 10.1. The van der Waals surface area contributed by atoms with Crippen LogP contribution in [0, 0.1) is 5.82 Å². The van der Waals surface area contributed by atoms with Crippen LogP contribution in [0.1, 0.15) is 26.3 Å². The summed E-state index contributed by atoms with van der Waals surface area (Å²) >= 11 is 1.28. The Morgan fingerprint density at radius 3 is 2.56 bits per heavy atom. The van der Waals surface area contributed by atoms with Crippen LogP contribution in [0.3, 0.4) is 0 Å². The topological polar surface area (TPSA) is 52.0 Å². The van der Waals surface area contributed by atoms with Crippen LogP contribution in [0.25, 0.3) is 31.7 Å². The average Bonchev–Trinajstić information content (AvgIpc) is 2.67. The second-order valence-corrected chi connectivity index (χ2v) is 7.49. The lowest BCUT2D eigenvalue weighted by Crippen LogP contribution is -2.29. The van der Waals surface area contributed by atoms with Crippen molar-refractivity contribution in [2.24, 2.45) is 0 Å². The quantitative estimate of drug-likeness (QED) is 0.482. The molecule has 0 aliphatic rings. The van der Waals surface area contributed by atoms with Crippen molar-refractivity contribution in [1.82, 2.24) is 9.55 Å². The summed E-state index contributed by atoms with van der Waals surface area (Å²) in [5.74, 6) is -0.195. The average molecular weight is 380 g/mol. The number of aromatic nitrogens is 2. The Morgan fingerprint density at radius 1 is 1.11 bits per heavy atom. The van der Waals surface area contributed by atoms with E-state index in [0.29, 0.717) is 16.6 Å². The molecule has 2 aromatic heterocycles. The molecule has 0 saturated carbocycles. The van der Waals surface area contributed by atoms with Crippen LogP contribution in [0.15, 0.2) is 58.1 Å². The molecule has 0 aliphatic carbocycles. The van der Waals surface area contributed by atoms with Crippen molar-refractivity contribution < 1.29 is 4.39 Å². The summed E-state index contributed by atoms with van der Waals surface area (Å²) < 4.78 is 16.7. The molecule has 6 heteroatoms. The van der Waals surface area contributed by atoms with Crippen molar-refractivity contribution in [3.63, 3.8) is 0 Å². The highest BCUT2D eigenvalue weighted by Gasteiger charge is 2.21. The van der Waals surface area contributed by atoms with Gasteiger partial charge in [-0.25, -0.2) is 9.37 Å². The maximum atomic E-state index is 14.5. The third kappa shape index (κ3) is 2.77. The number of halogens is 1. The molecule has 0 spiro atoms. The Balaban J connectivity index is 2.21. The second-order valence-electron chi connectivity index (χ2n) is 6.46. The SMILES string of the molecule is CC[C@@H](C)n1c(-c2ccccc2F)nc2sc3ccccc3c(=O)c2c1=O. The van der Waals surface area contributed by atoms with Crippen LogP contribution in [-0.2, 0) is 0 Å². The molecule has 0 amide bonds. The van der Waals surface area contributed by atoms with Gasteiger partial charge in [0.1, 0.15) is 21.9 Å². The Bertz CT molecular complexity index is 1290. The van der Waals surface area contributed by atoms with E-state index in [1.807, 2.05) is 26.0 Å². The molecular formula is C21H17FN2O2S. The van der Waals surface area contributed by atoms with E-state index in [1.54, 1.807) is 30.3 Å². The molecule has 2 aromatic carbocycles. The van der Waals surface area contributed by atoms with Gasteiger partial charge in [0.15, 0.2) is 0 Å². The molecule has 4 rings (SSSR count). The van der Waals surface area contributed by atoms with Crippen LogP contribution in [0.5, 0.6) is 0 Å². The molecule has 0 bridgehead atoms. The van der Waals surface area contributed by atoms with E-state index >= 15 is 0 Å². The number of rotatable bonds is 3. The van der Waals surface area contributed by atoms with E-state index in [-0.39, 0.29) is 28.2 Å². The molecule has 1 atom stereocenters. The first-order chi connectivity index (χ1) is 13.0. The highest BCUT2D eigenvalue weighted by atomic mass is 32.1. The molecule has 0 fully saturated rings. The van der Waals surface area contributed by atoms with Gasteiger partial charge >= 0.3 is 0 Å². The monoisotopic (exact) mass is 380 g/mol. The number of nitrogens with zero attached hydrogens (tertiary/aromatic N) is 2. The normalized spacial score (nSPS) is 12.6. The van der Waals surface area contributed by atoms with Crippen molar-refractivity contribution in [3.8, 4) is 11.4 Å². The van der Waals surface area contributed by atoms with Gasteiger partial charge in [0.2, 0.25) is 5.43 Å². The van der Waals surface area contributed by atoms with Crippen LogP contribution in [0.4, 0.5) is 4.39 Å². The minimum atomic E-state index is -0.450. The van der Waals surface area contributed by atoms with Crippen molar-refractivity contribution in [2.45, 2.75) is 26.3 Å². The Kier molecular flexibility index (Phi) is 4.36. The number of benzene rings is 2. The zero-order valence-electron chi connectivity index (χ0n) is 14.9. The minimum Gasteiger partial charge on any atom is -0.289 e. The summed E-state index contributed by atoms with van der Waals surface area (Å²) in [4.78, 5) is 31.2. The number of hydrogen-bond donors (Lipinski definition) is 0. The Morgan fingerprint density at radius 2 is 1.81 bits per heavy atom. The molecule has 136 valence electrons. The van der Waals surface area contributed by atoms with Gasteiger partial charge in [-0.05, 0) is 37.6 Å². The van der Waals surface area contributed by atoms with Crippen molar-refractivity contribution >= 4 is 31.6 Å². The smallest absolute Gasteiger partial charge is 0.266 e. The van der Waals surface area contributed by atoms with Crippen LogP contribution in [-0.4, -0.2) is 9.55 Å². The predicted molar refractivity (Wildman–Crippen MR) is 108 cm³/mol. The molecule has 0 saturated heterocycles. The van der Waals surface area contributed by atoms with E-state index in [2.05, 4.69) is 4.98 Å². The molecule has 4 aromatic rings. The number of fused-ring (bicyclic) bond motifs is 2. The zero-order valence-corrected chi connectivity index (χ0v) is 15.7. The summed E-state index contributed by atoms with van der Waals surface area (Å²) in [6.07, 6.45) is 0.653. The van der Waals surface area contributed by atoms with Gasteiger partial charge in [-0.1, -0.05) is 31.2 Å². The summed E-state index contributed by atoms with van der Waals surface area (Å²) in [7, 11) is 0. The van der Waals surface area contributed by atoms with Gasteiger partial charge in [0.05, 0.1) is 5.56 Å². The second kappa shape index (κ2) is 6.70. The fraction of sp³-hybridized carbons (Fsp3) is 0.190. The van der Waals surface area contributed by atoms with Crippen molar-refractivity contribution in [3.05, 3.63) is 74.9 Å². The molecular weight excluding hydrogens is 363 g/mol. The Hall–Kier alpha value is -2.86. The molecule has 4 nitrogen and oxygen atoms in total. The minimum absolute atomic E-state index is 0.0686. The fourth-order valence-corrected chi connectivity index (χ4v) is 4.23. The van der Waals surface area contributed by atoms with Crippen LogP contribution in [0.2, 0.25) is 0 Å². The maximum absolute atomic E-state index is 14.5. The summed E-state index contributed by atoms with van der Waals surface area (Å²) in [5, 5.41) is 0.572. The molecule has 2 heterocycles. The van der Waals surface area contributed by atoms with Gasteiger partial charge in [-0.2, -0.15) is 0 Å². The van der Waals surface area contributed by atoms with Gasteiger partial charge in [-0.3, -0.25) is 14.2 Å². The standard InChI is InChI=1S/C21H17FN2O2S/c1-3-12(2)24-19(13-8-4-6-10-15(13)22)23-20-17(21(24)26)18(25)14-9-5-7-11-16(14)27-20/h4-12H,3H2,1-2H3/t12-/m1/s1. The van der Waals surface area contributed by atoms with Crippen LogP contribution < -0.4 is 11.0 Å². The summed E-state index contributed by atoms with van der Waals surface area (Å²) in [6, 6.07) is 13.2. The first-order valence-corrected chi connectivity index (χ1v) is 9.57. The predicted octanol–water partition coefficient (Wildman–Crippen LogP) is 4.75. The molecule has 0 unspecified atom stereocenters. The number of hydrogen-bond acceptors (Lipinski definition) is 4. The molecule has 0 radical (unpaired) electrons. The zero-order chi connectivity index (χ0) is 19.1. The van der Waals surface area contributed by atoms with E-state index in [9.17, 15) is 14.0 Å². The van der Waals surface area contributed by atoms with E-state index in [0.717, 1.165) is 4.70 Å². The molecule has 0 aliphatic heterocycles. The van der Waals surface area contributed by atoms with Crippen molar-refractivity contribution in [2.75, 3.05) is 0 Å². The third-order valence-electron chi connectivity index (χ3n) is 4.79. The first kappa shape index (κ1) is 17.5. The highest BCUT2D eigenvalue weighted by molar-refractivity contribution is 7.24. The van der Waals surface area contributed by atoms with E-state index < -0.39 is 11.4 Å². The molecule has 27 heavy (non-hydrogen) atoms. The summed E-state index contributed by atoms with van der Waals surface area (Å²) in [5.41, 5.74) is -0.488. The first-order valence-electron chi connectivity index (χ1n) is 8.76. The fourth-order valence-electron chi connectivity index (χ4n) is 3.19. The van der Waals surface area contributed by atoms with Crippen LogP contribution >= 0.6 is 11.3 Å². The van der Waals surface area contributed by atoms with E-state index in [4.69, 9.17) is 0 Å². The maximum Gasteiger partial charge on any atom is 0.266 e. The largest absolute Gasteiger partial charge is 0.289 e. The Labute approximate surface area is 158 Å². The highest BCUT2D eigenvalue weighted by Crippen LogP contribution is 2.28. The molecule has 0 N–H and O–H groups in total. The van der Waals surface area contributed by atoms with Gasteiger partial charge in [0, 0.05) is 16.1 Å². The van der Waals surface area contributed by atoms with Gasteiger partial charge < -0.3 is 0 Å². The van der Waals surface area contributed by atoms with Gasteiger partial charge in [0.25, 0.3) is 5.56 Å². The lowest BCUT2D eigenvalue weighted by Gasteiger charge is -2.19.